The molecule has 23 heavy (non-hydrogen) atoms. The maximum atomic E-state index is 11.9. The van der Waals surface area contributed by atoms with Gasteiger partial charge in [-0.25, -0.2) is 0 Å². The molecule has 0 spiro atoms. The number of amides is 1. The van der Waals surface area contributed by atoms with Crippen LogP contribution in [0.1, 0.15) is 24.0 Å². The van der Waals surface area contributed by atoms with Gasteiger partial charge in [-0.1, -0.05) is 17.7 Å². The molecular formula is C19H23NO3. The van der Waals surface area contributed by atoms with Crippen LogP contribution in [0.15, 0.2) is 42.5 Å². The molecule has 0 aliphatic heterocycles. The molecule has 2 rings (SSSR count). The molecule has 0 heterocycles. The summed E-state index contributed by atoms with van der Waals surface area (Å²) in [7, 11) is 1.61. The van der Waals surface area contributed by atoms with Crippen molar-refractivity contribution in [3.63, 3.8) is 0 Å². The zero-order chi connectivity index (χ0) is 16.7. The summed E-state index contributed by atoms with van der Waals surface area (Å²) in [5, 5.41) is 2.86. The molecule has 0 bridgehead atoms. The van der Waals surface area contributed by atoms with Crippen LogP contribution in [0.3, 0.4) is 0 Å². The third-order valence-corrected chi connectivity index (χ3v) is 3.51. The molecule has 0 atom stereocenters. The van der Waals surface area contributed by atoms with Gasteiger partial charge in [0.2, 0.25) is 5.91 Å². The minimum Gasteiger partial charge on any atom is -0.497 e. The van der Waals surface area contributed by atoms with E-state index in [2.05, 4.69) is 18.3 Å². The summed E-state index contributed by atoms with van der Waals surface area (Å²) < 4.78 is 10.8. The van der Waals surface area contributed by atoms with Crippen molar-refractivity contribution in [2.24, 2.45) is 0 Å². The molecule has 0 aliphatic rings. The van der Waals surface area contributed by atoms with Crippen LogP contribution in [0.4, 0.5) is 5.69 Å². The molecule has 4 nitrogen and oxygen atoms in total. The topological polar surface area (TPSA) is 47.6 Å². The lowest BCUT2D eigenvalue weighted by Gasteiger charge is -2.10. The molecule has 0 radical (unpaired) electrons. The molecule has 0 aromatic heterocycles. The second kappa shape index (κ2) is 8.22. The average molecular weight is 313 g/mol. The van der Waals surface area contributed by atoms with Crippen LogP contribution in [0.25, 0.3) is 0 Å². The molecule has 1 amide bonds. The van der Waals surface area contributed by atoms with Gasteiger partial charge in [0.05, 0.1) is 13.7 Å². The number of nitrogens with one attached hydrogen (secondary N) is 1. The first-order valence-electron chi connectivity index (χ1n) is 7.72. The van der Waals surface area contributed by atoms with E-state index in [1.54, 1.807) is 7.11 Å². The van der Waals surface area contributed by atoms with Gasteiger partial charge in [0.25, 0.3) is 0 Å². The monoisotopic (exact) mass is 313 g/mol. The smallest absolute Gasteiger partial charge is 0.224 e. The zero-order valence-corrected chi connectivity index (χ0v) is 13.9. The van der Waals surface area contributed by atoms with Gasteiger partial charge in [-0.15, -0.1) is 0 Å². The third-order valence-electron chi connectivity index (χ3n) is 3.51. The van der Waals surface area contributed by atoms with E-state index < -0.39 is 0 Å². The van der Waals surface area contributed by atoms with Crippen molar-refractivity contribution in [3.8, 4) is 11.5 Å². The van der Waals surface area contributed by atoms with E-state index in [1.165, 1.54) is 5.56 Å². The number of hydrogen-bond donors (Lipinski definition) is 1. The number of rotatable bonds is 7. The number of carbonyl (C=O) groups excluding carboxylic acids is 1. The Bertz CT molecular complexity index is 650. The first-order chi connectivity index (χ1) is 11.1. The lowest BCUT2D eigenvalue weighted by atomic mass is 10.1. The first kappa shape index (κ1) is 16.9. The highest BCUT2D eigenvalue weighted by Crippen LogP contribution is 2.19. The second-order valence-electron chi connectivity index (χ2n) is 5.50. The fraction of sp³-hybridized carbons (Fsp3) is 0.316. The van der Waals surface area contributed by atoms with E-state index in [0.717, 1.165) is 22.7 Å². The van der Waals surface area contributed by atoms with Gasteiger partial charge in [0, 0.05) is 12.1 Å². The Morgan fingerprint density at radius 3 is 2.48 bits per heavy atom. The van der Waals surface area contributed by atoms with Gasteiger partial charge in [-0.3, -0.25) is 4.79 Å². The predicted octanol–water partition coefficient (Wildman–Crippen LogP) is 4.11. The van der Waals surface area contributed by atoms with E-state index in [9.17, 15) is 4.79 Å². The van der Waals surface area contributed by atoms with Gasteiger partial charge >= 0.3 is 0 Å². The van der Waals surface area contributed by atoms with Crippen LogP contribution in [-0.4, -0.2) is 19.6 Å². The van der Waals surface area contributed by atoms with Crippen molar-refractivity contribution in [1.82, 2.24) is 0 Å². The standard InChI is InChI=1S/C19H23NO3/c1-14-6-11-18(15(2)13-14)23-12-4-5-19(21)20-16-7-9-17(22-3)10-8-16/h6-11,13H,4-5,12H2,1-3H3,(H,20,21). The minimum atomic E-state index is -0.0144. The van der Waals surface area contributed by atoms with Crippen LogP contribution in [0.5, 0.6) is 11.5 Å². The molecule has 0 fully saturated rings. The Kier molecular flexibility index (Phi) is 6.03. The highest BCUT2D eigenvalue weighted by molar-refractivity contribution is 5.90. The Hall–Kier alpha value is -2.49. The molecule has 0 saturated heterocycles. The van der Waals surface area contributed by atoms with Crippen LogP contribution in [-0.2, 0) is 4.79 Å². The fourth-order valence-corrected chi connectivity index (χ4v) is 2.27. The van der Waals surface area contributed by atoms with Crippen molar-refractivity contribution < 1.29 is 14.3 Å². The lowest BCUT2D eigenvalue weighted by molar-refractivity contribution is -0.116. The van der Waals surface area contributed by atoms with Gasteiger partial charge in [-0.2, -0.15) is 0 Å². The fourth-order valence-electron chi connectivity index (χ4n) is 2.27. The summed E-state index contributed by atoms with van der Waals surface area (Å²) in [6.07, 6.45) is 1.10. The summed E-state index contributed by atoms with van der Waals surface area (Å²) in [6.45, 7) is 4.61. The zero-order valence-electron chi connectivity index (χ0n) is 13.9. The van der Waals surface area contributed by atoms with Crippen LogP contribution in [0.2, 0.25) is 0 Å². The normalized spacial score (nSPS) is 10.2. The highest BCUT2D eigenvalue weighted by Gasteiger charge is 2.04. The number of anilines is 1. The van der Waals surface area contributed by atoms with Crippen molar-refractivity contribution in [1.29, 1.82) is 0 Å². The predicted molar refractivity (Wildman–Crippen MR) is 92.3 cm³/mol. The lowest BCUT2D eigenvalue weighted by Crippen LogP contribution is -2.12. The van der Waals surface area contributed by atoms with Crippen LogP contribution in [0, 0.1) is 13.8 Å². The second-order valence-corrected chi connectivity index (χ2v) is 5.50. The van der Waals surface area contributed by atoms with Crippen molar-refractivity contribution >= 4 is 11.6 Å². The first-order valence-corrected chi connectivity index (χ1v) is 7.72. The van der Waals surface area contributed by atoms with Crippen LogP contribution >= 0.6 is 0 Å². The maximum absolute atomic E-state index is 11.9. The Balaban J connectivity index is 1.72. The van der Waals surface area contributed by atoms with Gasteiger partial charge < -0.3 is 14.8 Å². The van der Waals surface area contributed by atoms with E-state index in [0.29, 0.717) is 19.4 Å². The van der Waals surface area contributed by atoms with E-state index in [4.69, 9.17) is 9.47 Å². The molecule has 2 aromatic rings. The van der Waals surface area contributed by atoms with E-state index in [-0.39, 0.29) is 5.91 Å². The quantitative estimate of drug-likeness (QED) is 0.783. The van der Waals surface area contributed by atoms with Crippen molar-refractivity contribution in [2.75, 3.05) is 19.0 Å². The molecule has 122 valence electrons. The van der Waals surface area contributed by atoms with Crippen molar-refractivity contribution in [2.45, 2.75) is 26.7 Å². The van der Waals surface area contributed by atoms with Gasteiger partial charge in [0.1, 0.15) is 11.5 Å². The van der Waals surface area contributed by atoms with Gasteiger partial charge in [-0.05, 0) is 56.2 Å². The summed E-state index contributed by atoms with van der Waals surface area (Å²) >= 11 is 0. The van der Waals surface area contributed by atoms with Gasteiger partial charge in [0.15, 0.2) is 0 Å². The number of carbonyl (C=O) groups is 1. The maximum Gasteiger partial charge on any atom is 0.224 e. The van der Waals surface area contributed by atoms with E-state index >= 15 is 0 Å². The summed E-state index contributed by atoms with van der Waals surface area (Å²) in [4.78, 5) is 11.9. The largest absolute Gasteiger partial charge is 0.497 e. The van der Waals surface area contributed by atoms with Crippen molar-refractivity contribution in [3.05, 3.63) is 53.6 Å². The molecule has 0 saturated carbocycles. The van der Waals surface area contributed by atoms with Crippen LogP contribution < -0.4 is 14.8 Å². The van der Waals surface area contributed by atoms with E-state index in [1.807, 2.05) is 43.3 Å². The molecule has 0 unspecified atom stereocenters. The molecule has 0 aliphatic carbocycles. The highest BCUT2D eigenvalue weighted by atomic mass is 16.5. The number of aryl methyl sites for hydroxylation is 2. The minimum absolute atomic E-state index is 0.0144. The summed E-state index contributed by atoms with van der Waals surface area (Å²) in [6, 6.07) is 13.4. The number of hydrogen-bond acceptors (Lipinski definition) is 3. The Labute approximate surface area is 137 Å². The summed E-state index contributed by atoms with van der Waals surface area (Å²) in [5.74, 6) is 1.63. The number of ether oxygens (including phenoxy) is 2. The third kappa shape index (κ3) is 5.33. The number of methoxy groups -OCH3 is 1. The summed E-state index contributed by atoms with van der Waals surface area (Å²) in [5.41, 5.74) is 3.10. The molecule has 4 heteroatoms. The Morgan fingerprint density at radius 2 is 1.83 bits per heavy atom. The molecule has 2 aromatic carbocycles. The Morgan fingerprint density at radius 1 is 1.09 bits per heavy atom. The molecular weight excluding hydrogens is 290 g/mol. The SMILES string of the molecule is COc1ccc(NC(=O)CCCOc2ccc(C)cc2C)cc1. The average Bonchev–Trinajstić information content (AvgIpc) is 2.54. The molecule has 1 N–H and O–H groups in total. The number of benzene rings is 2.